The van der Waals surface area contributed by atoms with Gasteiger partial charge in [0.1, 0.15) is 11.3 Å². The molecular formula is C21H27N3O6. The summed E-state index contributed by atoms with van der Waals surface area (Å²) in [6.07, 6.45) is 3.61. The van der Waals surface area contributed by atoms with E-state index in [-0.39, 0.29) is 5.56 Å². The third kappa shape index (κ3) is 4.72. The number of hydrogen-bond donors (Lipinski definition) is 2. The van der Waals surface area contributed by atoms with Crippen molar-refractivity contribution in [1.82, 2.24) is 15.8 Å². The molecule has 1 saturated heterocycles. The highest BCUT2D eigenvalue weighted by atomic mass is 16.5. The minimum absolute atomic E-state index is 0.261. The molecule has 2 N–H and O–H groups in total. The number of amides is 4. The van der Waals surface area contributed by atoms with Crippen LogP contribution in [0.4, 0.5) is 4.79 Å². The smallest absolute Gasteiger partial charge is 0.344 e. The van der Waals surface area contributed by atoms with Crippen LogP contribution in [0.2, 0.25) is 0 Å². The molecule has 30 heavy (non-hydrogen) atoms. The summed E-state index contributed by atoms with van der Waals surface area (Å²) in [6.45, 7) is 4.06. The molecular weight excluding hydrogens is 390 g/mol. The predicted molar refractivity (Wildman–Crippen MR) is 106 cm³/mol. The van der Waals surface area contributed by atoms with E-state index in [0.717, 1.165) is 19.3 Å². The molecule has 162 valence electrons. The monoisotopic (exact) mass is 417 g/mol. The molecule has 2 fully saturated rings. The number of benzene rings is 1. The molecule has 1 aromatic rings. The first kappa shape index (κ1) is 21.6. The van der Waals surface area contributed by atoms with Crippen LogP contribution in [0.1, 0.15) is 56.3 Å². The van der Waals surface area contributed by atoms with Crippen LogP contribution in [0.3, 0.4) is 0 Å². The summed E-state index contributed by atoms with van der Waals surface area (Å²) in [5, 5.41) is 3.40. The van der Waals surface area contributed by atoms with Gasteiger partial charge in [-0.1, -0.05) is 13.8 Å². The zero-order valence-corrected chi connectivity index (χ0v) is 17.2. The van der Waals surface area contributed by atoms with Crippen LogP contribution < -0.4 is 15.5 Å². The molecule has 0 unspecified atom stereocenters. The van der Waals surface area contributed by atoms with Crippen molar-refractivity contribution >= 4 is 23.8 Å². The molecule has 1 aliphatic heterocycles. The van der Waals surface area contributed by atoms with Crippen molar-refractivity contribution in [3.63, 3.8) is 0 Å². The van der Waals surface area contributed by atoms with E-state index < -0.39 is 36.0 Å². The van der Waals surface area contributed by atoms with Crippen LogP contribution in [-0.4, -0.2) is 47.6 Å². The van der Waals surface area contributed by atoms with Gasteiger partial charge in [0, 0.05) is 0 Å². The van der Waals surface area contributed by atoms with Crippen LogP contribution in [0, 0.1) is 5.92 Å². The minimum Gasteiger partial charge on any atom is -0.494 e. The van der Waals surface area contributed by atoms with Crippen molar-refractivity contribution in [2.45, 2.75) is 51.5 Å². The molecule has 2 aliphatic rings. The Balaban J connectivity index is 1.50. The number of rotatable bonds is 7. The first-order valence-electron chi connectivity index (χ1n) is 10.2. The normalized spacial score (nSPS) is 23.3. The van der Waals surface area contributed by atoms with Gasteiger partial charge in [-0.05, 0) is 62.3 Å². The molecule has 0 radical (unpaired) electrons. The number of nitrogens with zero attached hydrogens (tertiary/aromatic N) is 1. The van der Waals surface area contributed by atoms with Gasteiger partial charge in [0.05, 0.1) is 12.2 Å². The Labute approximate surface area is 175 Å². The van der Waals surface area contributed by atoms with E-state index in [4.69, 9.17) is 9.47 Å². The maximum Gasteiger partial charge on any atom is 0.344 e. The van der Waals surface area contributed by atoms with Crippen molar-refractivity contribution in [3.8, 4) is 5.75 Å². The average molecular weight is 417 g/mol. The number of hydrogen-bond acceptors (Lipinski definition) is 6. The van der Waals surface area contributed by atoms with Crippen molar-refractivity contribution in [1.29, 1.82) is 0 Å². The maximum atomic E-state index is 12.7. The zero-order chi connectivity index (χ0) is 21.7. The van der Waals surface area contributed by atoms with Gasteiger partial charge in [-0.2, -0.15) is 5.01 Å². The minimum atomic E-state index is -0.949. The fourth-order valence-corrected chi connectivity index (χ4v) is 3.59. The average Bonchev–Trinajstić information content (AvgIpc) is 2.97. The molecule has 0 aromatic heterocycles. The zero-order valence-electron chi connectivity index (χ0n) is 17.2. The molecule has 1 heterocycles. The lowest BCUT2D eigenvalue weighted by Crippen LogP contribution is -2.52. The fourth-order valence-electron chi connectivity index (χ4n) is 3.59. The van der Waals surface area contributed by atoms with E-state index >= 15 is 0 Å². The number of nitrogens with one attached hydrogen (secondary N) is 2. The summed E-state index contributed by atoms with van der Waals surface area (Å²) in [5.74, 6) is -0.800. The number of urea groups is 1. The van der Waals surface area contributed by atoms with E-state index in [1.807, 2.05) is 6.92 Å². The molecule has 9 heteroatoms. The Morgan fingerprint density at radius 3 is 2.50 bits per heavy atom. The van der Waals surface area contributed by atoms with Gasteiger partial charge in [0.25, 0.3) is 11.8 Å². The first-order valence-corrected chi connectivity index (χ1v) is 10.2. The van der Waals surface area contributed by atoms with E-state index in [2.05, 4.69) is 17.7 Å². The molecule has 0 bridgehead atoms. The molecule has 3 rings (SSSR count). The fraction of sp³-hybridized carbons (Fsp3) is 0.524. The molecule has 4 amide bonds. The van der Waals surface area contributed by atoms with E-state index in [9.17, 15) is 19.2 Å². The summed E-state index contributed by atoms with van der Waals surface area (Å²) in [6, 6.07) is 5.69. The third-order valence-electron chi connectivity index (χ3n) is 5.42. The third-order valence-corrected chi connectivity index (χ3v) is 5.42. The summed E-state index contributed by atoms with van der Waals surface area (Å²) in [7, 11) is 0. The van der Waals surface area contributed by atoms with Crippen molar-refractivity contribution in [2.75, 3.05) is 13.2 Å². The lowest BCUT2D eigenvalue weighted by Gasteiger charge is -2.33. The van der Waals surface area contributed by atoms with Crippen LogP contribution in [0.15, 0.2) is 24.3 Å². The molecule has 0 atom stereocenters. The van der Waals surface area contributed by atoms with Crippen LogP contribution in [-0.2, 0) is 14.3 Å². The lowest BCUT2D eigenvalue weighted by molar-refractivity contribution is -0.141. The second kappa shape index (κ2) is 9.15. The Hall–Kier alpha value is -3.10. The summed E-state index contributed by atoms with van der Waals surface area (Å²) < 4.78 is 10.4. The Kier molecular flexibility index (Phi) is 6.59. The lowest BCUT2D eigenvalue weighted by atomic mass is 9.77. The number of carbonyl (C=O) groups is 4. The number of hydrazine groups is 1. The van der Waals surface area contributed by atoms with Gasteiger partial charge in [0.15, 0.2) is 6.61 Å². The largest absolute Gasteiger partial charge is 0.494 e. The van der Waals surface area contributed by atoms with Crippen molar-refractivity contribution < 1.29 is 28.7 Å². The number of ether oxygens (including phenoxy) is 2. The SMILES string of the molecule is CCCOc1ccc(C(=O)OCC(=O)NN2C(=O)NC3(CCC(C)CC3)C2=O)cc1. The van der Waals surface area contributed by atoms with E-state index in [1.54, 1.807) is 12.1 Å². The number of imide groups is 1. The molecule has 1 aliphatic carbocycles. The maximum absolute atomic E-state index is 12.7. The van der Waals surface area contributed by atoms with Gasteiger partial charge in [-0.15, -0.1) is 0 Å². The summed E-state index contributed by atoms with van der Waals surface area (Å²) in [5.41, 5.74) is 1.55. The van der Waals surface area contributed by atoms with Gasteiger partial charge < -0.3 is 14.8 Å². The highest BCUT2D eigenvalue weighted by Gasteiger charge is 2.52. The van der Waals surface area contributed by atoms with Crippen LogP contribution in [0.25, 0.3) is 0 Å². The quantitative estimate of drug-likeness (QED) is 0.519. The topological polar surface area (TPSA) is 114 Å². The summed E-state index contributed by atoms with van der Waals surface area (Å²) in [4.78, 5) is 49.2. The second-order valence-electron chi connectivity index (χ2n) is 7.82. The summed E-state index contributed by atoms with van der Waals surface area (Å²) >= 11 is 0. The number of esters is 1. The van der Waals surface area contributed by atoms with Gasteiger partial charge >= 0.3 is 12.0 Å². The molecule has 1 spiro atoms. The number of carbonyl (C=O) groups excluding carboxylic acids is 4. The Morgan fingerprint density at radius 2 is 1.87 bits per heavy atom. The molecule has 1 aromatic carbocycles. The molecule has 1 saturated carbocycles. The highest BCUT2D eigenvalue weighted by Crippen LogP contribution is 2.35. The Morgan fingerprint density at radius 1 is 1.20 bits per heavy atom. The van der Waals surface area contributed by atoms with Gasteiger partial charge in [0.2, 0.25) is 0 Å². The van der Waals surface area contributed by atoms with E-state index in [0.29, 0.717) is 36.1 Å². The van der Waals surface area contributed by atoms with Crippen LogP contribution >= 0.6 is 0 Å². The predicted octanol–water partition coefficient (Wildman–Crippen LogP) is 2.16. The van der Waals surface area contributed by atoms with Gasteiger partial charge in [-0.3, -0.25) is 15.0 Å². The van der Waals surface area contributed by atoms with E-state index in [1.165, 1.54) is 12.1 Å². The Bertz CT molecular complexity index is 815. The van der Waals surface area contributed by atoms with Gasteiger partial charge in [-0.25, -0.2) is 9.59 Å². The first-order chi connectivity index (χ1) is 14.3. The van der Waals surface area contributed by atoms with Crippen molar-refractivity contribution in [2.24, 2.45) is 5.92 Å². The van der Waals surface area contributed by atoms with Crippen molar-refractivity contribution in [3.05, 3.63) is 29.8 Å². The standard InChI is InChI=1S/C21H27N3O6/c1-3-12-29-16-6-4-15(5-7-16)18(26)30-13-17(25)23-24-19(27)21(22-20(24)28)10-8-14(2)9-11-21/h4-7,14H,3,8-13H2,1-2H3,(H,22,28)(H,23,25). The second-order valence-corrected chi connectivity index (χ2v) is 7.82. The molecule has 9 nitrogen and oxygen atoms in total. The highest BCUT2D eigenvalue weighted by molar-refractivity contribution is 6.08. The van der Waals surface area contributed by atoms with Crippen LogP contribution in [0.5, 0.6) is 5.75 Å².